The number of aliphatic hydroxyl groups is 1. The minimum absolute atomic E-state index is 0.616. The standard InChI is InChI=1S/C16H32O3/c1-2-3-4-5-6-7-8-9-10-11-12-13-14-15-16(17)18-19-16/h17H,2-15H2,1H3. The van der Waals surface area contributed by atoms with Crippen LogP contribution >= 0.6 is 0 Å². The molecular formula is C16H32O3. The van der Waals surface area contributed by atoms with Crippen LogP contribution in [-0.2, 0) is 9.78 Å². The van der Waals surface area contributed by atoms with Gasteiger partial charge in [-0.3, -0.25) is 0 Å². The molecule has 3 nitrogen and oxygen atoms in total. The molecule has 1 rings (SSSR count). The van der Waals surface area contributed by atoms with Gasteiger partial charge in [0.1, 0.15) is 0 Å². The highest BCUT2D eigenvalue weighted by molar-refractivity contribution is 4.58. The van der Waals surface area contributed by atoms with Crippen LogP contribution in [0.1, 0.15) is 96.8 Å². The molecule has 0 aliphatic carbocycles. The molecule has 3 heteroatoms. The van der Waals surface area contributed by atoms with E-state index in [0.29, 0.717) is 6.42 Å². The normalized spacial score (nSPS) is 16.7. The van der Waals surface area contributed by atoms with Crippen LogP contribution in [0.2, 0.25) is 0 Å². The summed E-state index contributed by atoms with van der Waals surface area (Å²) in [6.07, 6.45) is 18.0. The van der Waals surface area contributed by atoms with Gasteiger partial charge in [-0.05, 0) is 6.42 Å². The average molecular weight is 272 g/mol. The number of rotatable bonds is 14. The van der Waals surface area contributed by atoms with Gasteiger partial charge in [0.2, 0.25) is 0 Å². The van der Waals surface area contributed by atoms with Crippen molar-refractivity contribution in [2.24, 2.45) is 0 Å². The summed E-state index contributed by atoms with van der Waals surface area (Å²) in [4.78, 5) is 8.92. The molecule has 0 spiro atoms. The van der Waals surface area contributed by atoms with E-state index in [2.05, 4.69) is 16.7 Å². The van der Waals surface area contributed by atoms with E-state index in [4.69, 9.17) is 0 Å². The van der Waals surface area contributed by atoms with Crippen LogP contribution in [0.25, 0.3) is 0 Å². The molecule has 0 radical (unpaired) electrons. The first-order valence-corrected chi connectivity index (χ1v) is 8.36. The first-order chi connectivity index (χ1) is 9.27. The van der Waals surface area contributed by atoms with Crippen molar-refractivity contribution >= 4 is 0 Å². The molecular weight excluding hydrogens is 240 g/mol. The van der Waals surface area contributed by atoms with Crippen LogP contribution in [0.5, 0.6) is 0 Å². The zero-order chi connectivity index (χ0) is 13.8. The molecule has 0 amide bonds. The highest BCUT2D eigenvalue weighted by Gasteiger charge is 2.46. The molecule has 1 aliphatic heterocycles. The third kappa shape index (κ3) is 10.3. The molecule has 0 saturated carbocycles. The molecule has 0 atom stereocenters. The van der Waals surface area contributed by atoms with E-state index in [1.54, 1.807) is 0 Å². The zero-order valence-electron chi connectivity index (χ0n) is 12.7. The summed E-state index contributed by atoms with van der Waals surface area (Å²) in [6.45, 7) is 2.27. The van der Waals surface area contributed by atoms with Crippen molar-refractivity contribution in [1.82, 2.24) is 0 Å². The Morgan fingerprint density at radius 2 is 1.00 bits per heavy atom. The summed E-state index contributed by atoms with van der Waals surface area (Å²) in [7, 11) is 0. The summed E-state index contributed by atoms with van der Waals surface area (Å²) in [5, 5.41) is 9.26. The Balaban J connectivity index is 1.65. The molecule has 114 valence electrons. The molecule has 1 heterocycles. The van der Waals surface area contributed by atoms with Gasteiger partial charge in [-0.25, -0.2) is 0 Å². The maximum Gasteiger partial charge on any atom is 0.337 e. The molecule has 1 aliphatic rings. The fourth-order valence-electron chi connectivity index (χ4n) is 2.50. The van der Waals surface area contributed by atoms with E-state index >= 15 is 0 Å². The second-order valence-electron chi connectivity index (χ2n) is 5.87. The first-order valence-electron chi connectivity index (χ1n) is 8.36. The van der Waals surface area contributed by atoms with Gasteiger partial charge < -0.3 is 5.11 Å². The van der Waals surface area contributed by atoms with Gasteiger partial charge in [-0.1, -0.05) is 84.0 Å². The van der Waals surface area contributed by atoms with Gasteiger partial charge in [0.15, 0.2) is 0 Å². The average Bonchev–Trinajstić information content (AvgIpc) is 3.13. The summed E-state index contributed by atoms with van der Waals surface area (Å²) >= 11 is 0. The van der Waals surface area contributed by atoms with Crippen molar-refractivity contribution < 1.29 is 14.9 Å². The number of hydrogen-bond donors (Lipinski definition) is 1. The van der Waals surface area contributed by atoms with E-state index in [1.165, 1.54) is 77.0 Å². The van der Waals surface area contributed by atoms with Gasteiger partial charge in [0.25, 0.3) is 0 Å². The third-order valence-electron chi connectivity index (χ3n) is 3.87. The van der Waals surface area contributed by atoms with Crippen molar-refractivity contribution in [1.29, 1.82) is 0 Å². The first kappa shape index (κ1) is 16.9. The Kier molecular flexibility index (Phi) is 9.48. The Labute approximate surface area is 118 Å². The van der Waals surface area contributed by atoms with E-state index in [0.717, 1.165) is 6.42 Å². The highest BCUT2D eigenvalue weighted by Crippen LogP contribution is 2.31. The smallest absolute Gasteiger partial charge is 0.337 e. The van der Waals surface area contributed by atoms with Crippen molar-refractivity contribution in [3.8, 4) is 0 Å². The van der Waals surface area contributed by atoms with Crippen LogP contribution in [0.15, 0.2) is 0 Å². The fourth-order valence-corrected chi connectivity index (χ4v) is 2.50. The van der Waals surface area contributed by atoms with Crippen LogP contribution in [-0.4, -0.2) is 11.1 Å². The number of hydrogen-bond acceptors (Lipinski definition) is 3. The predicted octanol–water partition coefficient (Wildman–Crippen LogP) is 5.08. The summed E-state index contributed by atoms with van der Waals surface area (Å²) in [5.41, 5.74) is 0. The Bertz CT molecular complexity index is 202. The summed E-state index contributed by atoms with van der Waals surface area (Å²) < 4.78 is 0. The molecule has 1 N–H and O–H groups in total. The maximum absolute atomic E-state index is 9.26. The van der Waals surface area contributed by atoms with Crippen molar-refractivity contribution in [3.05, 3.63) is 0 Å². The van der Waals surface area contributed by atoms with Crippen LogP contribution in [0, 0.1) is 0 Å². The predicted molar refractivity (Wildman–Crippen MR) is 77.4 cm³/mol. The fraction of sp³-hybridized carbons (Fsp3) is 1.00. The molecule has 1 fully saturated rings. The van der Waals surface area contributed by atoms with Crippen LogP contribution in [0.3, 0.4) is 0 Å². The third-order valence-corrected chi connectivity index (χ3v) is 3.87. The quantitative estimate of drug-likeness (QED) is 0.272. The largest absolute Gasteiger partial charge is 0.340 e. The molecule has 1 saturated heterocycles. The van der Waals surface area contributed by atoms with E-state index in [1.807, 2.05) is 0 Å². The monoisotopic (exact) mass is 272 g/mol. The lowest BCUT2D eigenvalue weighted by Crippen LogP contribution is -2.07. The highest BCUT2D eigenvalue weighted by atomic mass is 17.4. The molecule has 0 aromatic rings. The lowest BCUT2D eigenvalue weighted by atomic mass is 10.0. The SMILES string of the molecule is CCCCCCCCCCCCCCCC1(O)OO1. The second kappa shape index (κ2) is 10.6. The topological polar surface area (TPSA) is 45.3 Å². The van der Waals surface area contributed by atoms with Crippen LogP contribution < -0.4 is 0 Å². The second-order valence-corrected chi connectivity index (χ2v) is 5.87. The van der Waals surface area contributed by atoms with Gasteiger partial charge in [0, 0.05) is 6.42 Å². The number of unbranched alkanes of at least 4 members (excludes halogenated alkanes) is 12. The Hall–Kier alpha value is -0.120. The zero-order valence-corrected chi connectivity index (χ0v) is 12.7. The van der Waals surface area contributed by atoms with Gasteiger partial charge in [0.05, 0.1) is 0 Å². The van der Waals surface area contributed by atoms with Gasteiger partial charge >= 0.3 is 5.97 Å². The lowest BCUT2D eigenvalue weighted by Gasteiger charge is -2.03. The van der Waals surface area contributed by atoms with E-state index in [9.17, 15) is 5.11 Å². The molecule has 0 bridgehead atoms. The molecule has 0 unspecified atom stereocenters. The lowest BCUT2D eigenvalue weighted by molar-refractivity contribution is 0.0191. The van der Waals surface area contributed by atoms with Crippen molar-refractivity contribution in [3.63, 3.8) is 0 Å². The van der Waals surface area contributed by atoms with Gasteiger partial charge in [-0.15, -0.1) is 0 Å². The summed E-state index contributed by atoms with van der Waals surface area (Å²) in [5.74, 6) is -1.21. The Morgan fingerprint density at radius 1 is 0.632 bits per heavy atom. The van der Waals surface area contributed by atoms with Crippen molar-refractivity contribution in [2.75, 3.05) is 0 Å². The van der Waals surface area contributed by atoms with E-state index < -0.39 is 5.97 Å². The molecule has 0 aromatic heterocycles. The molecule has 0 aromatic carbocycles. The minimum atomic E-state index is -1.21. The van der Waals surface area contributed by atoms with Crippen LogP contribution in [0.4, 0.5) is 0 Å². The minimum Gasteiger partial charge on any atom is -0.340 e. The Morgan fingerprint density at radius 3 is 1.37 bits per heavy atom. The van der Waals surface area contributed by atoms with E-state index in [-0.39, 0.29) is 0 Å². The van der Waals surface area contributed by atoms with Gasteiger partial charge in [-0.2, -0.15) is 9.78 Å². The maximum atomic E-state index is 9.26. The van der Waals surface area contributed by atoms with Crippen molar-refractivity contribution in [2.45, 2.75) is 103 Å². The molecule has 19 heavy (non-hydrogen) atoms. The summed E-state index contributed by atoms with van der Waals surface area (Å²) in [6, 6.07) is 0.